The number of carbonyl (C=O) groups excluding carboxylic acids is 2. The van der Waals surface area contributed by atoms with E-state index in [2.05, 4.69) is 15.6 Å². The zero-order valence-corrected chi connectivity index (χ0v) is 18.0. The van der Waals surface area contributed by atoms with Crippen LogP contribution < -0.4 is 10.6 Å². The van der Waals surface area contributed by atoms with Crippen LogP contribution in [0.2, 0.25) is 15.1 Å². The van der Waals surface area contributed by atoms with Crippen LogP contribution in [0.3, 0.4) is 0 Å². The Hall–Kier alpha value is -2.80. The number of aryl methyl sites for hydroxylation is 1. The Balaban J connectivity index is 1.53. The molecule has 9 heteroatoms. The summed E-state index contributed by atoms with van der Waals surface area (Å²) in [5, 5.41) is 6.17. The van der Waals surface area contributed by atoms with E-state index >= 15 is 0 Å². The third-order valence-corrected chi connectivity index (χ3v) is 5.13. The number of hydrogen-bond acceptors (Lipinski definition) is 4. The van der Waals surface area contributed by atoms with Gasteiger partial charge in [-0.3, -0.25) is 14.6 Å². The fraction of sp³-hybridized carbons (Fsp3) is 0.0952. The third kappa shape index (κ3) is 5.86. The topological polar surface area (TPSA) is 83.7 Å². The molecule has 0 unspecified atom stereocenters. The Kier molecular flexibility index (Phi) is 7.15. The summed E-state index contributed by atoms with van der Waals surface area (Å²) < 4.78 is 5.58. The Morgan fingerprint density at radius 1 is 0.967 bits per heavy atom. The number of halogens is 3. The summed E-state index contributed by atoms with van der Waals surface area (Å²) in [6.45, 7) is 1.95. The summed E-state index contributed by atoms with van der Waals surface area (Å²) in [6.07, 6.45) is 1.54. The highest BCUT2D eigenvalue weighted by Crippen LogP contribution is 2.25. The number of aliphatic imine (C=N–C) groups is 1. The summed E-state index contributed by atoms with van der Waals surface area (Å²) in [5.74, 6) is -0.690. The molecule has 0 spiro atoms. The maximum absolute atomic E-state index is 12.0. The fourth-order valence-corrected chi connectivity index (χ4v) is 2.84. The van der Waals surface area contributed by atoms with Gasteiger partial charge in [-0.25, -0.2) is 0 Å². The molecular formula is C21H16Cl3N3O3. The average Bonchev–Trinajstić information content (AvgIpc) is 3.17. The van der Waals surface area contributed by atoms with Crippen molar-refractivity contribution in [2.75, 3.05) is 5.32 Å². The number of nitrogens with zero attached hydrogens (tertiary/aromatic N) is 1. The number of anilines is 1. The van der Waals surface area contributed by atoms with Crippen molar-refractivity contribution in [2.24, 2.45) is 4.99 Å². The van der Waals surface area contributed by atoms with Crippen molar-refractivity contribution in [1.29, 1.82) is 0 Å². The second-order valence-electron chi connectivity index (χ2n) is 6.26. The largest absolute Gasteiger partial charge is 0.458 e. The number of amides is 2. The van der Waals surface area contributed by atoms with Crippen molar-refractivity contribution in [2.45, 2.75) is 13.5 Å². The second-order valence-corrected chi connectivity index (χ2v) is 7.48. The first-order valence-corrected chi connectivity index (χ1v) is 9.88. The molecule has 0 fully saturated rings. The van der Waals surface area contributed by atoms with Gasteiger partial charge >= 0.3 is 11.8 Å². The predicted octanol–water partition coefficient (Wildman–Crippen LogP) is 5.55. The summed E-state index contributed by atoms with van der Waals surface area (Å²) in [6, 6.07) is 13.4. The normalized spacial score (nSPS) is 10.9. The van der Waals surface area contributed by atoms with Crippen LogP contribution in [0.4, 0.5) is 11.4 Å². The minimum atomic E-state index is -0.835. The molecule has 30 heavy (non-hydrogen) atoms. The van der Waals surface area contributed by atoms with Gasteiger partial charge in [0.1, 0.15) is 11.5 Å². The maximum atomic E-state index is 12.0. The molecule has 0 aliphatic carbocycles. The van der Waals surface area contributed by atoms with Gasteiger partial charge in [-0.15, -0.1) is 0 Å². The molecule has 154 valence electrons. The van der Waals surface area contributed by atoms with E-state index in [-0.39, 0.29) is 11.6 Å². The lowest BCUT2D eigenvalue weighted by molar-refractivity contribution is -0.136. The van der Waals surface area contributed by atoms with E-state index in [0.29, 0.717) is 32.9 Å². The van der Waals surface area contributed by atoms with Gasteiger partial charge in [0.05, 0.1) is 28.5 Å². The molecule has 6 nitrogen and oxygen atoms in total. The van der Waals surface area contributed by atoms with Crippen LogP contribution in [0.15, 0.2) is 57.9 Å². The van der Waals surface area contributed by atoms with Gasteiger partial charge in [0.2, 0.25) is 0 Å². The molecule has 0 atom stereocenters. The summed E-state index contributed by atoms with van der Waals surface area (Å²) in [7, 11) is 0. The number of furan rings is 1. The Morgan fingerprint density at radius 2 is 1.77 bits per heavy atom. The van der Waals surface area contributed by atoms with Crippen LogP contribution in [0.25, 0.3) is 0 Å². The van der Waals surface area contributed by atoms with Crippen molar-refractivity contribution in [1.82, 2.24) is 5.32 Å². The van der Waals surface area contributed by atoms with E-state index in [4.69, 9.17) is 39.2 Å². The van der Waals surface area contributed by atoms with E-state index in [1.54, 1.807) is 30.5 Å². The van der Waals surface area contributed by atoms with Crippen LogP contribution in [-0.2, 0) is 16.1 Å². The number of hydrogen-bond donors (Lipinski definition) is 2. The molecule has 2 amide bonds. The molecule has 0 aliphatic rings. The van der Waals surface area contributed by atoms with E-state index in [0.717, 1.165) is 5.56 Å². The quantitative estimate of drug-likeness (QED) is 0.383. The summed E-state index contributed by atoms with van der Waals surface area (Å²) in [4.78, 5) is 28.3. The number of benzene rings is 2. The standard InChI is InChI=1S/C21H16Cl3N3O3/c1-12-2-3-13(8-18(12)23)25-10-15-5-6-16(30-15)11-26-20(28)21(29)27-14-4-7-17(22)19(24)9-14/h2-10H,11H2,1H3,(H,26,28)(H,27,29). The van der Waals surface area contributed by atoms with Crippen LogP contribution in [0, 0.1) is 6.92 Å². The molecule has 3 rings (SSSR count). The van der Waals surface area contributed by atoms with Gasteiger partial charge < -0.3 is 15.1 Å². The Morgan fingerprint density at radius 3 is 2.50 bits per heavy atom. The summed E-state index contributed by atoms with van der Waals surface area (Å²) in [5.41, 5.74) is 2.02. The van der Waals surface area contributed by atoms with E-state index in [9.17, 15) is 9.59 Å². The second kappa shape index (κ2) is 9.80. The zero-order valence-electron chi connectivity index (χ0n) is 15.7. The van der Waals surface area contributed by atoms with Gasteiger partial charge in [-0.1, -0.05) is 40.9 Å². The maximum Gasteiger partial charge on any atom is 0.313 e. The molecule has 0 bridgehead atoms. The van der Waals surface area contributed by atoms with Crippen LogP contribution in [0.5, 0.6) is 0 Å². The zero-order chi connectivity index (χ0) is 21.7. The minimum absolute atomic E-state index is 0.0395. The highest BCUT2D eigenvalue weighted by atomic mass is 35.5. The average molecular weight is 465 g/mol. The Labute approximate surface area is 187 Å². The molecule has 2 N–H and O–H groups in total. The summed E-state index contributed by atoms with van der Waals surface area (Å²) >= 11 is 17.8. The SMILES string of the molecule is Cc1ccc(N=Cc2ccc(CNC(=O)C(=O)Nc3ccc(Cl)c(Cl)c3)o2)cc1Cl. The lowest BCUT2D eigenvalue weighted by atomic mass is 10.2. The predicted molar refractivity (Wildman–Crippen MR) is 119 cm³/mol. The van der Waals surface area contributed by atoms with Gasteiger partial charge in [0, 0.05) is 10.7 Å². The molecule has 2 aromatic carbocycles. The van der Waals surface area contributed by atoms with Crippen LogP contribution in [-0.4, -0.2) is 18.0 Å². The lowest BCUT2D eigenvalue weighted by Gasteiger charge is -2.06. The first kappa shape index (κ1) is 21.9. The van der Waals surface area contributed by atoms with Crippen molar-refractivity contribution in [3.63, 3.8) is 0 Å². The van der Waals surface area contributed by atoms with Gasteiger partial charge in [0.25, 0.3) is 0 Å². The molecular weight excluding hydrogens is 449 g/mol. The molecule has 0 saturated carbocycles. The van der Waals surface area contributed by atoms with E-state index in [1.165, 1.54) is 12.1 Å². The number of nitrogens with one attached hydrogen (secondary N) is 2. The molecule has 1 aromatic heterocycles. The lowest BCUT2D eigenvalue weighted by Crippen LogP contribution is -2.34. The van der Waals surface area contributed by atoms with Gasteiger partial charge in [-0.2, -0.15) is 0 Å². The molecule has 0 aliphatic heterocycles. The highest BCUT2D eigenvalue weighted by molar-refractivity contribution is 6.43. The molecule has 1 heterocycles. The number of rotatable bonds is 5. The monoisotopic (exact) mass is 463 g/mol. The van der Waals surface area contributed by atoms with E-state index < -0.39 is 11.8 Å². The van der Waals surface area contributed by atoms with Gasteiger partial charge in [-0.05, 0) is 55.0 Å². The fourth-order valence-electron chi connectivity index (χ4n) is 2.37. The van der Waals surface area contributed by atoms with Crippen molar-refractivity contribution in [3.05, 3.63) is 80.7 Å². The van der Waals surface area contributed by atoms with Crippen LogP contribution in [0.1, 0.15) is 17.1 Å². The molecule has 0 radical (unpaired) electrons. The first-order valence-electron chi connectivity index (χ1n) is 8.75. The Bertz CT molecular complexity index is 1130. The first-order chi connectivity index (χ1) is 14.3. The number of carbonyl (C=O) groups is 2. The minimum Gasteiger partial charge on any atom is -0.458 e. The third-order valence-electron chi connectivity index (χ3n) is 3.99. The van der Waals surface area contributed by atoms with Crippen molar-refractivity contribution < 1.29 is 14.0 Å². The van der Waals surface area contributed by atoms with Crippen molar-refractivity contribution >= 4 is 64.2 Å². The van der Waals surface area contributed by atoms with Crippen molar-refractivity contribution in [3.8, 4) is 0 Å². The highest BCUT2D eigenvalue weighted by Gasteiger charge is 2.14. The van der Waals surface area contributed by atoms with Crippen LogP contribution >= 0.6 is 34.8 Å². The van der Waals surface area contributed by atoms with E-state index in [1.807, 2.05) is 19.1 Å². The van der Waals surface area contributed by atoms with Gasteiger partial charge in [0.15, 0.2) is 0 Å². The molecule has 0 saturated heterocycles. The molecule has 3 aromatic rings. The smallest absolute Gasteiger partial charge is 0.313 e.